The third-order valence-corrected chi connectivity index (χ3v) is 2.31. The van der Waals surface area contributed by atoms with Crippen LogP contribution in [-0.2, 0) is 0 Å². The molecule has 0 amide bonds. The maximum atomic E-state index is 6.10. The molecule has 0 N–H and O–H groups in total. The van der Waals surface area contributed by atoms with E-state index in [1.54, 1.807) is 0 Å². The van der Waals surface area contributed by atoms with E-state index in [-0.39, 0.29) is 5.41 Å². The second-order valence-electron chi connectivity index (χ2n) is 4.01. The fraction of sp³-hybridized carbons (Fsp3) is 0.600. The molecule has 0 aromatic carbocycles. The highest BCUT2D eigenvalue weighted by molar-refractivity contribution is 6.30. The molecule has 1 aliphatic rings. The van der Waals surface area contributed by atoms with Gasteiger partial charge in [0, 0.05) is 5.03 Å². The van der Waals surface area contributed by atoms with Crippen LogP contribution in [0.4, 0.5) is 0 Å². The molecule has 0 atom stereocenters. The summed E-state index contributed by atoms with van der Waals surface area (Å²) in [4.78, 5) is 0. The zero-order valence-corrected chi connectivity index (χ0v) is 8.20. The van der Waals surface area contributed by atoms with Gasteiger partial charge in [-0.1, -0.05) is 44.5 Å². The molecule has 0 saturated carbocycles. The average molecular weight is 171 g/mol. The number of halogens is 1. The van der Waals surface area contributed by atoms with Crippen LogP contribution < -0.4 is 0 Å². The molecule has 0 fully saturated rings. The fourth-order valence-electron chi connectivity index (χ4n) is 1.29. The second-order valence-corrected chi connectivity index (χ2v) is 4.47. The number of rotatable bonds is 0. The molecule has 62 valence electrons. The van der Waals surface area contributed by atoms with E-state index in [1.165, 1.54) is 5.57 Å². The van der Waals surface area contributed by atoms with Crippen LogP contribution in [0.1, 0.15) is 33.6 Å². The minimum atomic E-state index is 0.202. The standard InChI is InChI=1S/C10H15Cl/c1-10(2,3)8-6-4-5-7-9(8)11/h4,6H,5,7H2,1-3H3. The molecule has 1 heteroatoms. The van der Waals surface area contributed by atoms with E-state index >= 15 is 0 Å². The van der Waals surface area contributed by atoms with Gasteiger partial charge in [-0.3, -0.25) is 0 Å². The third-order valence-electron chi connectivity index (χ3n) is 1.92. The van der Waals surface area contributed by atoms with Crippen LogP contribution in [0.5, 0.6) is 0 Å². The molecule has 0 heterocycles. The van der Waals surface area contributed by atoms with Gasteiger partial charge < -0.3 is 0 Å². The van der Waals surface area contributed by atoms with Crippen molar-refractivity contribution in [3.63, 3.8) is 0 Å². The van der Waals surface area contributed by atoms with Crippen LogP contribution in [0.15, 0.2) is 22.8 Å². The van der Waals surface area contributed by atoms with Gasteiger partial charge in [-0.25, -0.2) is 0 Å². The molecule has 0 spiro atoms. The first-order valence-electron chi connectivity index (χ1n) is 4.07. The summed E-state index contributed by atoms with van der Waals surface area (Å²) >= 11 is 6.10. The van der Waals surface area contributed by atoms with Crippen molar-refractivity contribution in [2.45, 2.75) is 33.6 Å². The molecule has 0 aromatic rings. The first kappa shape index (κ1) is 8.86. The van der Waals surface area contributed by atoms with Gasteiger partial charge in [0.15, 0.2) is 0 Å². The Hall–Kier alpha value is -0.230. The lowest BCUT2D eigenvalue weighted by Crippen LogP contribution is -2.10. The summed E-state index contributed by atoms with van der Waals surface area (Å²) in [6.07, 6.45) is 6.47. The lowest BCUT2D eigenvalue weighted by atomic mass is 9.83. The maximum Gasteiger partial charge on any atom is 0.0221 e. The summed E-state index contributed by atoms with van der Waals surface area (Å²) in [7, 11) is 0. The predicted molar refractivity (Wildman–Crippen MR) is 50.7 cm³/mol. The molecule has 1 rings (SSSR count). The predicted octanol–water partition coefficient (Wildman–Crippen LogP) is 3.88. The molecular formula is C10H15Cl. The number of allylic oxidation sites excluding steroid dienone is 4. The van der Waals surface area contributed by atoms with Crippen LogP contribution in [0.2, 0.25) is 0 Å². The van der Waals surface area contributed by atoms with E-state index in [1.807, 2.05) is 0 Å². The first-order valence-corrected chi connectivity index (χ1v) is 4.45. The van der Waals surface area contributed by atoms with Crippen molar-refractivity contribution in [1.29, 1.82) is 0 Å². The van der Waals surface area contributed by atoms with Crippen LogP contribution in [-0.4, -0.2) is 0 Å². The highest BCUT2D eigenvalue weighted by Crippen LogP contribution is 2.35. The van der Waals surface area contributed by atoms with Gasteiger partial charge in [-0.15, -0.1) is 0 Å². The normalized spacial score (nSPS) is 19.3. The molecule has 1 aliphatic carbocycles. The molecule has 0 nitrogen and oxygen atoms in total. The van der Waals surface area contributed by atoms with Crippen LogP contribution in [0, 0.1) is 5.41 Å². The van der Waals surface area contributed by atoms with Gasteiger partial charge in [0.25, 0.3) is 0 Å². The Bertz CT molecular complexity index is 203. The van der Waals surface area contributed by atoms with Gasteiger partial charge in [0.2, 0.25) is 0 Å². The van der Waals surface area contributed by atoms with Crippen LogP contribution in [0.25, 0.3) is 0 Å². The van der Waals surface area contributed by atoms with Gasteiger partial charge in [0.05, 0.1) is 0 Å². The monoisotopic (exact) mass is 170 g/mol. The van der Waals surface area contributed by atoms with Crippen LogP contribution >= 0.6 is 11.6 Å². The van der Waals surface area contributed by atoms with Crippen molar-refractivity contribution in [3.05, 3.63) is 22.8 Å². The average Bonchev–Trinajstić information content (AvgIpc) is 1.86. The van der Waals surface area contributed by atoms with E-state index in [0.29, 0.717) is 0 Å². The number of hydrogen-bond donors (Lipinski definition) is 0. The van der Waals surface area contributed by atoms with Crippen molar-refractivity contribution in [2.24, 2.45) is 5.41 Å². The Kier molecular flexibility index (Phi) is 2.43. The zero-order valence-electron chi connectivity index (χ0n) is 7.45. The van der Waals surface area contributed by atoms with Crippen molar-refractivity contribution < 1.29 is 0 Å². The maximum absolute atomic E-state index is 6.10. The van der Waals surface area contributed by atoms with Gasteiger partial charge in [0.1, 0.15) is 0 Å². The Morgan fingerprint density at radius 3 is 2.36 bits per heavy atom. The van der Waals surface area contributed by atoms with Crippen molar-refractivity contribution in [3.8, 4) is 0 Å². The molecule has 11 heavy (non-hydrogen) atoms. The fourth-order valence-corrected chi connectivity index (χ4v) is 1.75. The Morgan fingerprint density at radius 2 is 2.00 bits per heavy atom. The Balaban J connectivity index is 2.93. The van der Waals surface area contributed by atoms with Crippen LogP contribution in [0.3, 0.4) is 0 Å². The summed E-state index contributed by atoms with van der Waals surface area (Å²) in [6, 6.07) is 0. The van der Waals surface area contributed by atoms with E-state index in [0.717, 1.165) is 17.9 Å². The van der Waals surface area contributed by atoms with E-state index in [9.17, 15) is 0 Å². The quantitative estimate of drug-likeness (QED) is 0.518. The molecule has 0 saturated heterocycles. The second kappa shape index (κ2) is 3.02. The first-order chi connectivity index (χ1) is 5.02. The third kappa shape index (κ3) is 2.10. The van der Waals surface area contributed by atoms with Gasteiger partial charge >= 0.3 is 0 Å². The minimum Gasteiger partial charge on any atom is -0.0888 e. The molecule has 0 radical (unpaired) electrons. The SMILES string of the molecule is CC(C)(C)C1=C(Cl)CCC=C1. The summed E-state index contributed by atoms with van der Waals surface area (Å²) < 4.78 is 0. The lowest BCUT2D eigenvalue weighted by molar-refractivity contribution is 0.510. The summed E-state index contributed by atoms with van der Waals surface area (Å²) in [5.74, 6) is 0. The number of hydrogen-bond acceptors (Lipinski definition) is 0. The minimum absolute atomic E-state index is 0.202. The highest BCUT2D eigenvalue weighted by Gasteiger charge is 2.19. The van der Waals surface area contributed by atoms with E-state index in [4.69, 9.17) is 11.6 Å². The molecule has 0 bridgehead atoms. The largest absolute Gasteiger partial charge is 0.0888 e. The summed E-state index contributed by atoms with van der Waals surface area (Å²) in [5.41, 5.74) is 1.50. The smallest absolute Gasteiger partial charge is 0.0221 e. The molecular weight excluding hydrogens is 156 g/mol. The molecule has 0 unspecified atom stereocenters. The highest BCUT2D eigenvalue weighted by atomic mass is 35.5. The van der Waals surface area contributed by atoms with Gasteiger partial charge in [-0.2, -0.15) is 0 Å². The molecule has 0 aliphatic heterocycles. The van der Waals surface area contributed by atoms with Crippen molar-refractivity contribution >= 4 is 11.6 Å². The Morgan fingerprint density at radius 1 is 1.36 bits per heavy atom. The Labute approximate surface area is 73.9 Å². The topological polar surface area (TPSA) is 0 Å². The molecule has 0 aromatic heterocycles. The zero-order chi connectivity index (χ0) is 8.48. The lowest BCUT2D eigenvalue weighted by Gasteiger charge is -2.24. The van der Waals surface area contributed by atoms with E-state index < -0.39 is 0 Å². The van der Waals surface area contributed by atoms with Crippen molar-refractivity contribution in [2.75, 3.05) is 0 Å². The van der Waals surface area contributed by atoms with Crippen molar-refractivity contribution in [1.82, 2.24) is 0 Å². The summed E-state index contributed by atoms with van der Waals surface area (Å²) in [6.45, 7) is 6.58. The summed E-state index contributed by atoms with van der Waals surface area (Å²) in [5, 5.41) is 1.04. The van der Waals surface area contributed by atoms with Gasteiger partial charge in [-0.05, 0) is 23.8 Å². The van der Waals surface area contributed by atoms with E-state index in [2.05, 4.69) is 32.9 Å².